The largest absolute Gasteiger partial charge is 0.494 e. The summed E-state index contributed by atoms with van der Waals surface area (Å²) in [4.78, 5) is 12.2. The van der Waals surface area contributed by atoms with E-state index in [0.29, 0.717) is 6.61 Å². The fourth-order valence-corrected chi connectivity index (χ4v) is 2.31. The van der Waals surface area contributed by atoms with Crippen LogP contribution in [0.2, 0.25) is 0 Å². The number of benzene rings is 1. The molecule has 104 valence electrons. The van der Waals surface area contributed by atoms with Gasteiger partial charge in [0.2, 0.25) is 5.91 Å². The highest BCUT2D eigenvalue weighted by atomic mass is 16.5. The molecule has 2 rings (SSSR count). The first kappa shape index (κ1) is 13.9. The van der Waals surface area contributed by atoms with E-state index in [2.05, 4.69) is 10.6 Å². The van der Waals surface area contributed by atoms with Gasteiger partial charge in [-0.2, -0.15) is 0 Å². The number of anilines is 1. The molecule has 0 saturated carbocycles. The minimum Gasteiger partial charge on any atom is -0.494 e. The van der Waals surface area contributed by atoms with E-state index < -0.39 is 0 Å². The summed E-state index contributed by atoms with van der Waals surface area (Å²) in [6.07, 6.45) is 4.39. The van der Waals surface area contributed by atoms with Gasteiger partial charge in [-0.25, -0.2) is 0 Å². The molecule has 1 atom stereocenters. The molecule has 2 N–H and O–H groups in total. The second-order valence-corrected chi connectivity index (χ2v) is 4.81. The second kappa shape index (κ2) is 7.14. The highest BCUT2D eigenvalue weighted by molar-refractivity contribution is 5.95. The lowest BCUT2D eigenvalue weighted by Crippen LogP contribution is -2.39. The number of ether oxygens (including phenoxy) is 1. The van der Waals surface area contributed by atoms with E-state index in [1.807, 2.05) is 31.2 Å². The van der Waals surface area contributed by atoms with Gasteiger partial charge in [0.1, 0.15) is 5.75 Å². The summed E-state index contributed by atoms with van der Waals surface area (Å²) in [5.74, 6) is 0.838. The Kier molecular flexibility index (Phi) is 5.21. The maximum absolute atomic E-state index is 12.2. The molecule has 0 radical (unpaired) electrons. The summed E-state index contributed by atoms with van der Waals surface area (Å²) in [6, 6.07) is 7.46. The third kappa shape index (κ3) is 4.24. The van der Waals surface area contributed by atoms with E-state index in [1.165, 1.54) is 6.42 Å². The number of hydrogen-bond donors (Lipinski definition) is 2. The van der Waals surface area contributed by atoms with Crippen LogP contribution in [0.4, 0.5) is 5.69 Å². The SMILES string of the molecule is CCOc1cccc(NC(=O)C2CCCCCN2)c1. The number of carbonyl (C=O) groups excluding carboxylic acids is 1. The topological polar surface area (TPSA) is 50.4 Å². The maximum atomic E-state index is 12.2. The first-order valence-corrected chi connectivity index (χ1v) is 7.06. The van der Waals surface area contributed by atoms with E-state index >= 15 is 0 Å². The minimum absolute atomic E-state index is 0.0514. The van der Waals surface area contributed by atoms with Crippen LogP contribution in [0.3, 0.4) is 0 Å². The predicted molar refractivity (Wildman–Crippen MR) is 76.5 cm³/mol. The Morgan fingerprint density at radius 3 is 3.16 bits per heavy atom. The zero-order valence-corrected chi connectivity index (χ0v) is 11.4. The lowest BCUT2D eigenvalue weighted by atomic mass is 10.1. The Morgan fingerprint density at radius 2 is 2.32 bits per heavy atom. The third-order valence-corrected chi connectivity index (χ3v) is 3.29. The molecule has 0 aromatic heterocycles. The summed E-state index contributed by atoms with van der Waals surface area (Å²) < 4.78 is 5.43. The fourth-order valence-electron chi connectivity index (χ4n) is 2.31. The predicted octanol–water partition coefficient (Wildman–Crippen LogP) is 2.56. The van der Waals surface area contributed by atoms with Gasteiger partial charge < -0.3 is 15.4 Å². The average Bonchev–Trinajstić information content (AvgIpc) is 2.68. The zero-order chi connectivity index (χ0) is 13.5. The van der Waals surface area contributed by atoms with E-state index in [0.717, 1.165) is 37.2 Å². The summed E-state index contributed by atoms with van der Waals surface area (Å²) >= 11 is 0. The number of nitrogens with one attached hydrogen (secondary N) is 2. The van der Waals surface area contributed by atoms with Crippen molar-refractivity contribution in [2.45, 2.75) is 38.6 Å². The molecular formula is C15H22N2O2. The van der Waals surface area contributed by atoms with Gasteiger partial charge in [-0.15, -0.1) is 0 Å². The van der Waals surface area contributed by atoms with Crippen molar-refractivity contribution < 1.29 is 9.53 Å². The van der Waals surface area contributed by atoms with Crippen molar-refractivity contribution in [2.75, 3.05) is 18.5 Å². The molecule has 0 bridgehead atoms. The summed E-state index contributed by atoms with van der Waals surface area (Å²) in [5, 5.41) is 6.25. The molecule has 0 spiro atoms. The van der Waals surface area contributed by atoms with Crippen molar-refractivity contribution in [3.05, 3.63) is 24.3 Å². The van der Waals surface area contributed by atoms with Gasteiger partial charge in [-0.05, 0) is 38.4 Å². The molecule has 0 aliphatic carbocycles. The smallest absolute Gasteiger partial charge is 0.241 e. The normalized spacial score (nSPS) is 19.5. The monoisotopic (exact) mass is 262 g/mol. The standard InChI is InChI=1S/C15H22N2O2/c1-2-19-13-8-6-7-12(11-13)17-15(18)14-9-4-3-5-10-16-14/h6-8,11,14,16H,2-5,9-10H2,1H3,(H,17,18). The van der Waals surface area contributed by atoms with Gasteiger partial charge in [0, 0.05) is 11.8 Å². The van der Waals surface area contributed by atoms with Gasteiger partial charge >= 0.3 is 0 Å². The second-order valence-electron chi connectivity index (χ2n) is 4.81. The van der Waals surface area contributed by atoms with Crippen molar-refractivity contribution in [1.29, 1.82) is 0 Å². The number of hydrogen-bond acceptors (Lipinski definition) is 3. The van der Waals surface area contributed by atoms with E-state index in [9.17, 15) is 4.79 Å². The third-order valence-electron chi connectivity index (χ3n) is 3.29. The highest BCUT2D eigenvalue weighted by Crippen LogP contribution is 2.18. The zero-order valence-electron chi connectivity index (χ0n) is 11.4. The Labute approximate surface area is 114 Å². The lowest BCUT2D eigenvalue weighted by molar-refractivity contribution is -0.118. The van der Waals surface area contributed by atoms with Gasteiger partial charge in [0.25, 0.3) is 0 Å². The molecule has 1 aliphatic rings. The fraction of sp³-hybridized carbons (Fsp3) is 0.533. The molecule has 1 saturated heterocycles. The van der Waals surface area contributed by atoms with Crippen LogP contribution in [-0.2, 0) is 4.79 Å². The van der Waals surface area contributed by atoms with Crippen molar-refractivity contribution >= 4 is 11.6 Å². The Hall–Kier alpha value is -1.55. The first-order chi connectivity index (χ1) is 9.29. The van der Waals surface area contributed by atoms with E-state index in [1.54, 1.807) is 0 Å². The molecule has 4 nitrogen and oxygen atoms in total. The molecule has 1 aliphatic heterocycles. The van der Waals surface area contributed by atoms with Crippen molar-refractivity contribution in [2.24, 2.45) is 0 Å². The Morgan fingerprint density at radius 1 is 1.42 bits per heavy atom. The van der Waals surface area contributed by atoms with E-state index in [4.69, 9.17) is 4.74 Å². The quantitative estimate of drug-likeness (QED) is 0.876. The molecule has 1 aromatic rings. The number of carbonyl (C=O) groups is 1. The Balaban J connectivity index is 1.95. The van der Waals surface area contributed by atoms with Crippen LogP contribution in [0, 0.1) is 0 Å². The van der Waals surface area contributed by atoms with Crippen LogP contribution in [0.1, 0.15) is 32.6 Å². The Bertz CT molecular complexity index is 412. The summed E-state index contributed by atoms with van der Waals surface area (Å²) in [6.45, 7) is 3.50. The highest BCUT2D eigenvalue weighted by Gasteiger charge is 2.19. The molecular weight excluding hydrogens is 240 g/mol. The van der Waals surface area contributed by atoms with Crippen LogP contribution in [-0.4, -0.2) is 25.1 Å². The maximum Gasteiger partial charge on any atom is 0.241 e. The molecule has 1 unspecified atom stereocenters. The summed E-state index contributed by atoms with van der Waals surface area (Å²) in [7, 11) is 0. The van der Waals surface area contributed by atoms with Gasteiger partial charge in [-0.1, -0.05) is 18.9 Å². The van der Waals surface area contributed by atoms with Gasteiger partial charge in [-0.3, -0.25) is 4.79 Å². The van der Waals surface area contributed by atoms with Crippen LogP contribution in [0.5, 0.6) is 5.75 Å². The lowest BCUT2D eigenvalue weighted by Gasteiger charge is -2.16. The molecule has 19 heavy (non-hydrogen) atoms. The number of amides is 1. The van der Waals surface area contributed by atoms with Gasteiger partial charge in [0.15, 0.2) is 0 Å². The molecule has 1 fully saturated rings. The van der Waals surface area contributed by atoms with Crippen molar-refractivity contribution in [3.63, 3.8) is 0 Å². The molecule has 1 heterocycles. The number of rotatable bonds is 4. The summed E-state index contributed by atoms with van der Waals surface area (Å²) in [5.41, 5.74) is 0.794. The van der Waals surface area contributed by atoms with Crippen molar-refractivity contribution in [3.8, 4) is 5.75 Å². The van der Waals surface area contributed by atoms with Crippen LogP contribution < -0.4 is 15.4 Å². The van der Waals surface area contributed by atoms with E-state index in [-0.39, 0.29) is 11.9 Å². The molecule has 1 amide bonds. The van der Waals surface area contributed by atoms with Crippen LogP contribution >= 0.6 is 0 Å². The molecule has 1 aromatic carbocycles. The van der Waals surface area contributed by atoms with Crippen LogP contribution in [0.15, 0.2) is 24.3 Å². The average molecular weight is 262 g/mol. The van der Waals surface area contributed by atoms with Crippen molar-refractivity contribution in [1.82, 2.24) is 5.32 Å². The first-order valence-electron chi connectivity index (χ1n) is 7.06. The van der Waals surface area contributed by atoms with Crippen LogP contribution in [0.25, 0.3) is 0 Å². The minimum atomic E-state index is -0.0711. The molecule has 4 heteroatoms. The van der Waals surface area contributed by atoms with Gasteiger partial charge in [0.05, 0.1) is 12.6 Å².